The number of esters is 2. The van der Waals surface area contributed by atoms with Crippen LogP contribution in [0, 0.1) is 0 Å². The van der Waals surface area contributed by atoms with Gasteiger partial charge in [-0.1, -0.05) is 155 Å². The Morgan fingerprint density at radius 3 is 1.33 bits per heavy atom. The van der Waals surface area contributed by atoms with Gasteiger partial charge in [-0.2, -0.15) is 0 Å². The quantitative estimate of drug-likeness (QED) is 0.0297. The molecule has 0 amide bonds. The third-order valence-electron chi connectivity index (χ3n) is 8.64. The first kappa shape index (κ1) is 47.0. The fraction of sp³-hybridized carbons (Fsp3) is 0.947. The van der Waals surface area contributed by atoms with Gasteiger partial charge >= 0.3 is 19.8 Å². The minimum atomic E-state index is -4.36. The average Bonchev–Trinajstić information content (AvgIpc) is 3.02. The number of ether oxygens (including phenoxy) is 2. The Bertz CT molecular complexity index is 804. The highest BCUT2D eigenvalue weighted by atomic mass is 31.2. The summed E-state index contributed by atoms with van der Waals surface area (Å²) in [4.78, 5) is 35.1. The van der Waals surface area contributed by atoms with Crippen molar-refractivity contribution in [2.24, 2.45) is 0 Å². The van der Waals surface area contributed by atoms with Gasteiger partial charge in [-0.15, -0.1) is 0 Å². The molecule has 2 atom stereocenters. The van der Waals surface area contributed by atoms with Gasteiger partial charge in [0.05, 0.1) is 27.7 Å². The fourth-order valence-electron chi connectivity index (χ4n) is 5.48. The van der Waals surface area contributed by atoms with Gasteiger partial charge in [-0.25, -0.2) is 4.57 Å². The van der Waals surface area contributed by atoms with E-state index in [2.05, 4.69) is 13.8 Å². The molecule has 0 aromatic heterocycles. The van der Waals surface area contributed by atoms with Crippen molar-refractivity contribution in [3.05, 3.63) is 0 Å². The van der Waals surface area contributed by atoms with Gasteiger partial charge in [-0.3, -0.25) is 18.6 Å². The third kappa shape index (κ3) is 34.9. The summed E-state index contributed by atoms with van der Waals surface area (Å²) in [6.45, 7) is 4.42. The second-order valence-corrected chi connectivity index (χ2v) is 16.1. The maximum atomic E-state index is 12.6. The van der Waals surface area contributed by atoms with E-state index in [4.69, 9.17) is 18.5 Å². The monoisotopic (exact) mass is 707 g/mol. The highest BCUT2D eigenvalue weighted by Gasteiger charge is 2.27. The minimum Gasteiger partial charge on any atom is -0.462 e. The number of phosphoric ester groups is 1. The van der Waals surface area contributed by atoms with Crippen LogP contribution in [0.3, 0.4) is 0 Å². The zero-order valence-corrected chi connectivity index (χ0v) is 32.9. The SMILES string of the molecule is CCCCCCCCCCCCCCC(=O)OC[C@H](COP(=O)(O)OCC[N+](C)(C)C)OC(=O)CCCCCCCCCCCCCC. The molecule has 0 spiro atoms. The maximum absolute atomic E-state index is 12.6. The topological polar surface area (TPSA) is 108 Å². The standard InChI is InChI=1S/C38H76NO8P/c1-6-8-10-12-14-16-18-20-22-24-26-28-30-37(40)44-34-36(35-46-48(42,43)45-33-32-39(3,4)5)47-38(41)31-29-27-25-23-21-19-17-15-13-11-9-7-2/h36H,6-35H2,1-5H3/p+1/t36-/m1/s1. The van der Waals surface area contributed by atoms with E-state index in [1.54, 1.807) is 0 Å². The molecule has 286 valence electrons. The molecule has 48 heavy (non-hydrogen) atoms. The number of rotatable bonds is 36. The summed E-state index contributed by atoms with van der Waals surface area (Å²) in [6.07, 6.45) is 28.5. The molecule has 0 aliphatic heterocycles. The molecular formula is C38H77NO8P+. The van der Waals surface area contributed by atoms with Crippen molar-refractivity contribution < 1.29 is 42.1 Å². The van der Waals surface area contributed by atoms with Crippen molar-refractivity contribution in [2.75, 3.05) is 47.5 Å². The summed E-state index contributed by atoms with van der Waals surface area (Å²) >= 11 is 0. The van der Waals surface area contributed by atoms with Crippen molar-refractivity contribution in [2.45, 2.75) is 187 Å². The van der Waals surface area contributed by atoms with Gasteiger partial charge in [0.25, 0.3) is 0 Å². The van der Waals surface area contributed by atoms with E-state index in [1.807, 2.05) is 21.1 Å². The molecule has 0 bridgehead atoms. The van der Waals surface area contributed by atoms with Crippen LogP contribution in [0.4, 0.5) is 0 Å². The average molecular weight is 707 g/mol. The normalized spacial score (nSPS) is 13.7. The van der Waals surface area contributed by atoms with Crippen LogP contribution >= 0.6 is 7.82 Å². The minimum absolute atomic E-state index is 0.0364. The molecule has 10 heteroatoms. The Balaban J connectivity index is 4.40. The molecule has 0 saturated carbocycles. The second-order valence-electron chi connectivity index (χ2n) is 14.7. The van der Waals surface area contributed by atoms with Crippen molar-refractivity contribution in [1.82, 2.24) is 0 Å². The van der Waals surface area contributed by atoms with Crippen molar-refractivity contribution >= 4 is 19.8 Å². The number of nitrogens with zero attached hydrogens (tertiary/aromatic N) is 1. The molecule has 0 aliphatic carbocycles. The van der Waals surface area contributed by atoms with Gasteiger partial charge in [0, 0.05) is 12.8 Å². The lowest BCUT2D eigenvalue weighted by atomic mass is 10.0. The van der Waals surface area contributed by atoms with Gasteiger partial charge < -0.3 is 18.9 Å². The van der Waals surface area contributed by atoms with Gasteiger partial charge in [-0.05, 0) is 12.8 Å². The van der Waals surface area contributed by atoms with Crippen LogP contribution in [0.25, 0.3) is 0 Å². The molecule has 9 nitrogen and oxygen atoms in total. The number of likely N-dealkylation sites (N-methyl/N-ethyl adjacent to an activating group) is 1. The second kappa shape index (κ2) is 32.0. The first-order valence-corrected chi connectivity index (χ1v) is 21.3. The smallest absolute Gasteiger partial charge is 0.462 e. The third-order valence-corrected chi connectivity index (χ3v) is 9.62. The Morgan fingerprint density at radius 2 is 0.938 bits per heavy atom. The molecule has 1 unspecified atom stereocenters. The van der Waals surface area contributed by atoms with Crippen LogP contribution < -0.4 is 0 Å². The Hall–Kier alpha value is -0.990. The van der Waals surface area contributed by atoms with Crippen LogP contribution in [0.1, 0.15) is 181 Å². The van der Waals surface area contributed by atoms with E-state index in [0.29, 0.717) is 17.4 Å². The first-order chi connectivity index (χ1) is 23.0. The van der Waals surface area contributed by atoms with Gasteiger partial charge in [0.2, 0.25) is 0 Å². The number of unbranched alkanes of at least 4 members (excludes halogenated alkanes) is 22. The highest BCUT2D eigenvalue weighted by Crippen LogP contribution is 2.43. The number of carbonyl (C=O) groups excluding carboxylic acids is 2. The van der Waals surface area contributed by atoms with Crippen LogP contribution in [-0.4, -0.2) is 74.9 Å². The first-order valence-electron chi connectivity index (χ1n) is 19.8. The zero-order chi connectivity index (χ0) is 35.8. The van der Waals surface area contributed by atoms with E-state index in [1.165, 1.54) is 116 Å². The Morgan fingerprint density at radius 1 is 0.562 bits per heavy atom. The summed E-state index contributed by atoms with van der Waals surface area (Å²) in [6, 6.07) is 0. The molecule has 0 aromatic carbocycles. The molecule has 0 aromatic rings. The van der Waals surface area contributed by atoms with Crippen molar-refractivity contribution in [1.29, 1.82) is 0 Å². The Kier molecular flexibility index (Phi) is 31.3. The summed E-state index contributed by atoms with van der Waals surface area (Å²) in [7, 11) is 1.49. The largest absolute Gasteiger partial charge is 0.472 e. The fourth-order valence-corrected chi connectivity index (χ4v) is 6.23. The molecule has 0 saturated heterocycles. The van der Waals surface area contributed by atoms with E-state index < -0.39 is 26.5 Å². The van der Waals surface area contributed by atoms with E-state index in [9.17, 15) is 19.0 Å². The molecule has 0 aliphatic rings. The predicted octanol–water partition coefficient (Wildman–Crippen LogP) is 10.5. The molecule has 0 rings (SSSR count). The van der Waals surface area contributed by atoms with E-state index >= 15 is 0 Å². The number of phosphoric acid groups is 1. The lowest BCUT2D eigenvalue weighted by Gasteiger charge is -2.24. The number of hydrogen-bond acceptors (Lipinski definition) is 7. The molecule has 1 N–H and O–H groups in total. The molecule has 0 fully saturated rings. The molecule has 0 radical (unpaired) electrons. The molecular weight excluding hydrogens is 629 g/mol. The predicted molar refractivity (Wildman–Crippen MR) is 197 cm³/mol. The zero-order valence-electron chi connectivity index (χ0n) is 32.0. The van der Waals surface area contributed by atoms with Gasteiger partial charge in [0.1, 0.15) is 19.8 Å². The van der Waals surface area contributed by atoms with Crippen LogP contribution in [0.5, 0.6) is 0 Å². The Labute approximate surface area is 295 Å². The molecule has 0 heterocycles. The summed E-state index contributed by atoms with van der Waals surface area (Å²) in [5.74, 6) is -0.790. The lowest BCUT2D eigenvalue weighted by Crippen LogP contribution is -2.37. The highest BCUT2D eigenvalue weighted by molar-refractivity contribution is 7.47. The van der Waals surface area contributed by atoms with Crippen LogP contribution in [-0.2, 0) is 32.7 Å². The van der Waals surface area contributed by atoms with Gasteiger partial charge in [0.15, 0.2) is 6.10 Å². The van der Waals surface area contributed by atoms with Crippen LogP contribution in [0.2, 0.25) is 0 Å². The summed E-state index contributed by atoms with van der Waals surface area (Å²) in [5, 5.41) is 0. The van der Waals surface area contributed by atoms with Crippen molar-refractivity contribution in [3.8, 4) is 0 Å². The maximum Gasteiger partial charge on any atom is 0.472 e. The number of carbonyl (C=O) groups is 2. The van der Waals surface area contributed by atoms with E-state index in [-0.39, 0.29) is 25.6 Å². The van der Waals surface area contributed by atoms with Crippen LogP contribution in [0.15, 0.2) is 0 Å². The summed E-state index contributed by atoms with van der Waals surface area (Å²) < 4.78 is 34.2. The number of hydrogen-bond donors (Lipinski definition) is 1. The lowest BCUT2D eigenvalue weighted by molar-refractivity contribution is -0.870. The summed E-state index contributed by atoms with van der Waals surface area (Å²) in [5.41, 5.74) is 0. The van der Waals surface area contributed by atoms with E-state index in [0.717, 1.165) is 38.5 Å². The number of quaternary nitrogens is 1. The van der Waals surface area contributed by atoms with Crippen molar-refractivity contribution in [3.63, 3.8) is 0 Å².